The Morgan fingerprint density at radius 2 is 1.93 bits per heavy atom. The maximum Gasteiger partial charge on any atom is 0.0163 e. The zero-order chi connectivity index (χ0) is 10.7. The molecule has 0 aromatic rings. The summed E-state index contributed by atoms with van der Waals surface area (Å²) in [7, 11) is 2.07. The topological polar surface area (TPSA) is 15.3 Å². The fraction of sp³-hybridized carbons (Fsp3) is 1.00. The van der Waals surface area contributed by atoms with Crippen LogP contribution >= 0.6 is 0 Å². The van der Waals surface area contributed by atoms with Gasteiger partial charge in [0, 0.05) is 18.6 Å². The van der Waals surface area contributed by atoms with Crippen LogP contribution in [0.2, 0.25) is 0 Å². The van der Waals surface area contributed by atoms with Gasteiger partial charge in [-0.25, -0.2) is 0 Å². The summed E-state index contributed by atoms with van der Waals surface area (Å²) in [4.78, 5) is 2.75. The van der Waals surface area contributed by atoms with E-state index in [4.69, 9.17) is 0 Å². The van der Waals surface area contributed by atoms with Crippen LogP contribution in [-0.2, 0) is 0 Å². The number of hydrogen-bond donors (Lipinski definition) is 1. The Morgan fingerprint density at radius 1 is 1.20 bits per heavy atom. The highest BCUT2D eigenvalue weighted by Gasteiger charge is 2.33. The van der Waals surface area contributed by atoms with Gasteiger partial charge in [-0.15, -0.1) is 0 Å². The van der Waals surface area contributed by atoms with Crippen LogP contribution in [0.25, 0.3) is 0 Å². The molecule has 0 radical (unpaired) electrons. The van der Waals surface area contributed by atoms with Gasteiger partial charge in [0.15, 0.2) is 0 Å². The summed E-state index contributed by atoms with van der Waals surface area (Å²) < 4.78 is 0. The molecule has 0 aromatic carbocycles. The van der Waals surface area contributed by atoms with Crippen LogP contribution in [0.5, 0.6) is 0 Å². The Morgan fingerprint density at radius 3 is 2.60 bits per heavy atom. The van der Waals surface area contributed by atoms with Crippen LogP contribution in [0.1, 0.15) is 45.4 Å². The molecule has 0 spiro atoms. The van der Waals surface area contributed by atoms with E-state index < -0.39 is 0 Å². The van der Waals surface area contributed by atoms with Gasteiger partial charge in [-0.1, -0.05) is 12.8 Å². The van der Waals surface area contributed by atoms with Crippen LogP contribution in [0.3, 0.4) is 0 Å². The first-order valence-electron chi connectivity index (χ1n) is 6.72. The molecule has 15 heavy (non-hydrogen) atoms. The monoisotopic (exact) mass is 210 g/mol. The van der Waals surface area contributed by atoms with Gasteiger partial charge < -0.3 is 5.32 Å². The van der Waals surface area contributed by atoms with Gasteiger partial charge in [-0.3, -0.25) is 4.90 Å². The van der Waals surface area contributed by atoms with Crippen LogP contribution in [0, 0.1) is 5.92 Å². The van der Waals surface area contributed by atoms with Crippen molar-refractivity contribution >= 4 is 0 Å². The molecule has 2 aliphatic rings. The summed E-state index contributed by atoms with van der Waals surface area (Å²) in [5.41, 5.74) is 0. The minimum absolute atomic E-state index is 0.645. The highest BCUT2D eigenvalue weighted by molar-refractivity contribution is 4.88. The highest BCUT2D eigenvalue weighted by atomic mass is 15.2. The van der Waals surface area contributed by atoms with Gasteiger partial charge >= 0.3 is 0 Å². The maximum absolute atomic E-state index is 3.36. The smallest absolute Gasteiger partial charge is 0.0163 e. The number of rotatable bonds is 4. The Hall–Kier alpha value is -0.0800. The third-order valence-corrected chi connectivity index (χ3v) is 4.36. The first-order valence-corrected chi connectivity index (χ1v) is 6.72. The van der Waals surface area contributed by atoms with E-state index in [0.29, 0.717) is 6.04 Å². The number of nitrogens with one attached hydrogen (secondary N) is 1. The second-order valence-electron chi connectivity index (χ2n) is 5.44. The van der Waals surface area contributed by atoms with Crippen molar-refractivity contribution in [2.75, 3.05) is 20.1 Å². The zero-order valence-corrected chi connectivity index (χ0v) is 10.3. The van der Waals surface area contributed by atoms with Crippen molar-refractivity contribution < 1.29 is 0 Å². The number of hydrogen-bond acceptors (Lipinski definition) is 2. The summed E-state index contributed by atoms with van der Waals surface area (Å²) >= 11 is 0. The Labute approximate surface area is 94.4 Å². The molecule has 2 nitrogen and oxygen atoms in total. The van der Waals surface area contributed by atoms with Crippen molar-refractivity contribution in [3.05, 3.63) is 0 Å². The minimum Gasteiger partial charge on any atom is -0.316 e. The van der Waals surface area contributed by atoms with Crippen LogP contribution in [0.4, 0.5) is 0 Å². The summed E-state index contributed by atoms with van der Waals surface area (Å²) in [6.07, 6.45) is 8.84. The molecule has 2 unspecified atom stereocenters. The van der Waals surface area contributed by atoms with E-state index in [1.807, 2.05) is 0 Å². The molecule has 2 atom stereocenters. The number of nitrogens with zero attached hydrogens (tertiary/aromatic N) is 1. The predicted octanol–water partition coefficient (Wildman–Crippen LogP) is 2.25. The largest absolute Gasteiger partial charge is 0.316 e. The minimum atomic E-state index is 0.645. The molecule has 2 rings (SSSR count). The lowest BCUT2D eigenvalue weighted by atomic mass is 9.96. The normalized spacial score (nSPS) is 31.2. The first-order chi connectivity index (χ1) is 7.31. The summed E-state index contributed by atoms with van der Waals surface area (Å²) in [6, 6.07) is 1.57. The number of likely N-dealkylation sites (N-methyl/N-ethyl adjacent to an activating group) is 1. The predicted molar refractivity (Wildman–Crippen MR) is 65.1 cm³/mol. The van der Waals surface area contributed by atoms with E-state index in [2.05, 4.69) is 24.2 Å². The molecular formula is C13H26N2. The molecule has 1 aliphatic carbocycles. The second-order valence-corrected chi connectivity index (χ2v) is 5.44. The molecule has 0 bridgehead atoms. The Balaban J connectivity index is 1.86. The van der Waals surface area contributed by atoms with E-state index in [1.165, 1.54) is 51.6 Å². The highest BCUT2D eigenvalue weighted by Crippen LogP contribution is 2.35. The van der Waals surface area contributed by atoms with Gasteiger partial charge in [0.25, 0.3) is 0 Å². The molecule has 1 saturated carbocycles. The van der Waals surface area contributed by atoms with Gasteiger partial charge in [0.2, 0.25) is 0 Å². The summed E-state index contributed by atoms with van der Waals surface area (Å²) in [5.74, 6) is 1.02. The number of likely N-dealkylation sites (tertiary alicyclic amines) is 1. The van der Waals surface area contributed by atoms with Crippen molar-refractivity contribution in [3.63, 3.8) is 0 Å². The lowest BCUT2D eigenvalue weighted by molar-refractivity contribution is 0.178. The van der Waals surface area contributed by atoms with E-state index >= 15 is 0 Å². The van der Waals surface area contributed by atoms with Gasteiger partial charge in [0.1, 0.15) is 0 Å². The van der Waals surface area contributed by atoms with Crippen molar-refractivity contribution in [3.8, 4) is 0 Å². The van der Waals surface area contributed by atoms with E-state index in [9.17, 15) is 0 Å². The fourth-order valence-corrected chi connectivity index (χ4v) is 3.40. The molecule has 1 saturated heterocycles. The maximum atomic E-state index is 3.36. The Bertz CT molecular complexity index is 187. The average molecular weight is 210 g/mol. The average Bonchev–Trinajstić information content (AvgIpc) is 2.86. The van der Waals surface area contributed by atoms with Gasteiger partial charge in [-0.05, 0) is 52.1 Å². The van der Waals surface area contributed by atoms with E-state index in [-0.39, 0.29) is 0 Å². The summed E-state index contributed by atoms with van der Waals surface area (Å²) in [6.45, 7) is 4.88. The molecule has 0 aromatic heterocycles. The van der Waals surface area contributed by atoms with Crippen LogP contribution < -0.4 is 5.32 Å². The van der Waals surface area contributed by atoms with Crippen molar-refractivity contribution in [2.45, 2.75) is 57.5 Å². The molecule has 2 heteroatoms. The summed E-state index contributed by atoms with van der Waals surface area (Å²) in [5, 5.41) is 3.36. The third kappa shape index (κ3) is 2.73. The van der Waals surface area contributed by atoms with Crippen molar-refractivity contribution in [2.24, 2.45) is 5.92 Å². The third-order valence-electron chi connectivity index (χ3n) is 4.36. The fourth-order valence-electron chi connectivity index (χ4n) is 3.40. The first kappa shape index (κ1) is 11.4. The molecule has 0 amide bonds. The Kier molecular flexibility index (Phi) is 4.04. The molecule has 1 heterocycles. The molecular weight excluding hydrogens is 184 g/mol. The van der Waals surface area contributed by atoms with E-state index in [1.54, 1.807) is 0 Å². The molecule has 1 aliphatic heterocycles. The second kappa shape index (κ2) is 5.31. The van der Waals surface area contributed by atoms with E-state index in [0.717, 1.165) is 12.0 Å². The van der Waals surface area contributed by atoms with Gasteiger partial charge in [0.05, 0.1) is 0 Å². The van der Waals surface area contributed by atoms with Crippen LogP contribution in [0.15, 0.2) is 0 Å². The lowest BCUT2D eigenvalue weighted by Gasteiger charge is -2.31. The zero-order valence-electron chi connectivity index (χ0n) is 10.3. The standard InChI is InChI=1S/C13H26N2/c1-11(14-2)10-15-9-5-8-13(15)12-6-3-4-7-12/h11-14H,3-10H2,1-2H3. The lowest BCUT2D eigenvalue weighted by Crippen LogP contribution is -2.42. The van der Waals surface area contributed by atoms with Crippen molar-refractivity contribution in [1.29, 1.82) is 0 Å². The van der Waals surface area contributed by atoms with Gasteiger partial charge in [-0.2, -0.15) is 0 Å². The van der Waals surface area contributed by atoms with Crippen molar-refractivity contribution in [1.82, 2.24) is 10.2 Å². The quantitative estimate of drug-likeness (QED) is 0.765. The molecule has 2 fully saturated rings. The SMILES string of the molecule is CNC(C)CN1CCCC1C1CCCC1. The molecule has 1 N–H and O–H groups in total. The molecule has 88 valence electrons. The van der Waals surface area contributed by atoms with Crippen LogP contribution in [-0.4, -0.2) is 37.1 Å².